The van der Waals surface area contributed by atoms with Crippen LogP contribution < -0.4 is 0 Å². The summed E-state index contributed by atoms with van der Waals surface area (Å²) in [7, 11) is 0. The molecule has 0 atom stereocenters. The van der Waals surface area contributed by atoms with Crippen LogP contribution in [0.2, 0.25) is 0 Å². The van der Waals surface area contributed by atoms with Gasteiger partial charge in [0.15, 0.2) is 0 Å². The largest absolute Gasteiger partial charge is 0.697 e. The third kappa shape index (κ3) is 4880. The zero-order valence-corrected chi connectivity index (χ0v) is 74.7. The Labute approximate surface area is 704 Å². The van der Waals surface area contributed by atoms with Crippen molar-refractivity contribution in [2.45, 2.75) is 133 Å². The molecule has 0 bridgehead atoms. The molecule has 0 nitrogen and oxygen atoms in total. The maximum Gasteiger partial charge on any atom is 0 e. The van der Waals surface area contributed by atoms with E-state index >= 15 is 0 Å². The maximum atomic E-state index is 6.18. The van der Waals surface area contributed by atoms with E-state index in [0.29, 0.717) is 0 Å². The first-order valence-corrected chi connectivity index (χ1v) is 15.8. The van der Waals surface area contributed by atoms with E-state index in [1.54, 1.807) is 90.0 Å². The molecule has 0 rings (SSSR count). The third-order valence-electron chi connectivity index (χ3n) is 0.765. The van der Waals surface area contributed by atoms with Crippen molar-refractivity contribution in [2.75, 3.05) is 0 Å². The molecule has 0 fully saturated rings. The normalized spacial score (nSPS) is 3.66. The van der Waals surface area contributed by atoms with Crippen LogP contribution in [0.15, 0.2) is 87.1 Å². The first-order chi connectivity index (χ1) is 27.2. The summed E-state index contributed by atoms with van der Waals surface area (Å²) in [5, 5.41) is 0. The Bertz CT molecular complexity index is 699. The average Bonchev–Trinajstić information content (AvgIpc) is 3.19. The van der Waals surface area contributed by atoms with Gasteiger partial charge in [-0.15, -0.1) is 0 Å². The molecule has 10 radical (unpaired) electrons. The second-order valence-electron chi connectivity index (χ2n) is 5.74. The summed E-state index contributed by atoms with van der Waals surface area (Å²) in [6.45, 7) is 81.3. The molecule has 0 heterocycles. The minimum Gasteiger partial charge on any atom is -0.697 e. The van der Waals surface area contributed by atoms with E-state index in [4.69, 9.17) is 84.7 Å². The molecule has 0 spiro atoms. The standard InChI is InChI=1S/C5H3.2C4H7.12C3H5.4C2H.2CH4.CH3.10Y/c1-3-5-4-2;2*1-3-4-2;12*1-3-2;4*1-2;;;;;;;;;;;;;/h1H3;2*3H,1-2H3;4*1H2,2H3;8*1,3H,2H3;4*1H;2*1H4;1H3;;;;;;;;;;/q19*-1;;;-1;;;;;;;;;;. The Kier molecular flexibility index (Phi) is 2200. The quantitative estimate of drug-likeness (QED) is 0.168. The summed E-state index contributed by atoms with van der Waals surface area (Å²) >= 11 is 0. The summed E-state index contributed by atoms with van der Waals surface area (Å²) in [5.41, 5.74) is 0. The fraction of sp³-hybridized carbons (Fsp3) is 0.317. The third-order valence-corrected chi connectivity index (χ3v) is 0.765. The van der Waals surface area contributed by atoms with Gasteiger partial charge in [0, 0.05) is 327 Å². The van der Waals surface area contributed by atoms with Crippen molar-refractivity contribution < 1.29 is 327 Å². The zero-order chi connectivity index (χ0) is 51.4. The van der Waals surface area contributed by atoms with E-state index < -0.39 is 0 Å². The summed E-state index contributed by atoms with van der Waals surface area (Å²) in [4.78, 5) is 0. The molecule has 0 aliphatic heterocycles. The molecule has 0 aliphatic carbocycles. The van der Waals surface area contributed by atoms with Gasteiger partial charge in [-0.25, -0.2) is 5.92 Å². The first-order valence-electron chi connectivity index (χ1n) is 15.8. The number of hydrogen-bond donors (Lipinski definition) is 0. The van der Waals surface area contributed by atoms with Crippen LogP contribution in [0.4, 0.5) is 0 Å². The maximum absolute atomic E-state index is 6.18. The van der Waals surface area contributed by atoms with E-state index in [1.165, 1.54) is 48.6 Å². The van der Waals surface area contributed by atoms with Gasteiger partial charge in [-0.05, 0) is 6.92 Å². The summed E-state index contributed by atoms with van der Waals surface area (Å²) in [6, 6.07) is 0. The number of allylic oxidation sites excluding steroid dienone is 16. The van der Waals surface area contributed by atoms with E-state index in [1.807, 2.05) is 45.8 Å². The Morgan fingerprint density at radius 3 is 0.414 bits per heavy atom. The molecule has 10 heteroatoms. The predicted molar refractivity (Wildman–Crippen MR) is 286 cm³/mol. The minimum absolute atomic E-state index is 0. The monoisotopic (exact) mass is 1700 g/mol. The molecule has 0 aliphatic rings. The van der Waals surface area contributed by atoms with Crippen LogP contribution in [0.5, 0.6) is 0 Å². The van der Waals surface area contributed by atoms with Gasteiger partial charge in [-0.2, -0.15) is 41.5 Å². The predicted octanol–water partition coefficient (Wildman–Crippen LogP) is 17.8. The van der Waals surface area contributed by atoms with Crippen LogP contribution in [-0.2, 0) is 327 Å². The zero-order valence-electron chi connectivity index (χ0n) is 46.3. The van der Waals surface area contributed by atoms with Crippen LogP contribution >= 0.6 is 0 Å². The van der Waals surface area contributed by atoms with Gasteiger partial charge in [0.2, 0.25) is 0 Å². The van der Waals surface area contributed by atoms with Gasteiger partial charge in [0.05, 0.1) is 0 Å². The topological polar surface area (TPSA) is 0 Å². The Morgan fingerprint density at radius 1 is 0.357 bits per heavy atom. The van der Waals surface area contributed by atoms with Crippen molar-refractivity contribution in [2.24, 2.45) is 0 Å². The Balaban J connectivity index is -0.00000000721. The average molecular weight is 1700 g/mol. The SMILES string of the molecule is C.C.C=[C-]C.C=[C-]C.C=[C-]C.C=[C-]C.C[C-]=CC.C[C-]=CC.[C-]#C.[C-]#C.[C-]#C.[C-]#C.[C-]#CC#CC.[CH-]=CC.[CH-]=CC.[CH-]=CC.[CH-]=CC.[CH-]=CC.[CH-]=CC.[CH-]=CC.[CH-]=CC.[CH3-].[Y].[Y].[Y].[Y].[Y].[Y].[Y].[Y].[Y].[Y]. The first kappa shape index (κ1) is 222. The van der Waals surface area contributed by atoms with E-state index in [9.17, 15) is 0 Å². The molecular weight excluding hydrogens is 1610 g/mol. The van der Waals surface area contributed by atoms with Gasteiger partial charge in [-0.3, -0.25) is 98.9 Å². The summed E-state index contributed by atoms with van der Waals surface area (Å²) in [5.74, 6) is 6.65. The summed E-state index contributed by atoms with van der Waals surface area (Å²) in [6.07, 6.45) is 73.5. The second-order valence-corrected chi connectivity index (χ2v) is 5.74. The Morgan fingerprint density at radius 2 is 0.414 bits per heavy atom. The Hall–Kier alpha value is 4.76. The van der Waals surface area contributed by atoms with Crippen LogP contribution in [0.25, 0.3) is 0 Å². The van der Waals surface area contributed by atoms with E-state index in [0.717, 1.165) is 0 Å². The van der Waals surface area contributed by atoms with Gasteiger partial charge in [-0.1, -0.05) is 84.1 Å². The molecular formula is C60H92Y10-20. The fourth-order valence-electron chi connectivity index (χ4n) is 0.0625. The summed E-state index contributed by atoms with van der Waals surface area (Å²) < 4.78 is 0. The molecule has 382 valence electrons. The van der Waals surface area contributed by atoms with Gasteiger partial charge >= 0.3 is 0 Å². The van der Waals surface area contributed by atoms with Crippen molar-refractivity contribution in [3.05, 3.63) is 216 Å². The van der Waals surface area contributed by atoms with E-state index in [2.05, 4.69) is 100 Å². The van der Waals surface area contributed by atoms with Crippen molar-refractivity contribution in [1.29, 1.82) is 0 Å². The van der Waals surface area contributed by atoms with Gasteiger partial charge < -0.3 is 154 Å². The molecule has 0 aromatic carbocycles. The van der Waals surface area contributed by atoms with Crippen LogP contribution in [0.3, 0.4) is 0 Å². The van der Waals surface area contributed by atoms with Crippen molar-refractivity contribution in [1.82, 2.24) is 0 Å². The molecule has 0 saturated carbocycles. The van der Waals surface area contributed by atoms with Crippen LogP contribution in [0.1, 0.15) is 133 Å². The second kappa shape index (κ2) is 692. The molecule has 0 N–H and O–H groups in total. The number of terminal acetylenes is 4. The minimum atomic E-state index is 0. The number of hydrogen-bond acceptors (Lipinski definition) is 0. The molecule has 0 aromatic heterocycles. The molecule has 0 amide bonds. The molecule has 0 aromatic rings. The van der Waals surface area contributed by atoms with Crippen molar-refractivity contribution >= 4 is 0 Å². The molecule has 70 heavy (non-hydrogen) atoms. The van der Waals surface area contributed by atoms with Gasteiger partial charge in [0.25, 0.3) is 0 Å². The fourth-order valence-corrected chi connectivity index (χ4v) is 0.0625. The van der Waals surface area contributed by atoms with Crippen molar-refractivity contribution in [3.8, 4) is 43.5 Å². The number of rotatable bonds is 0. The van der Waals surface area contributed by atoms with E-state index in [-0.39, 0.29) is 349 Å². The van der Waals surface area contributed by atoms with Gasteiger partial charge in [0.1, 0.15) is 0 Å². The molecule has 0 saturated heterocycles. The van der Waals surface area contributed by atoms with Crippen LogP contribution in [0, 0.1) is 172 Å². The van der Waals surface area contributed by atoms with Crippen molar-refractivity contribution in [3.63, 3.8) is 0 Å². The smallest absolute Gasteiger partial charge is 0 e. The molecule has 0 unspecified atom stereocenters. The van der Waals surface area contributed by atoms with Crippen LogP contribution in [-0.4, -0.2) is 0 Å².